The van der Waals surface area contributed by atoms with Crippen LogP contribution in [0, 0.1) is 0 Å². The normalized spacial score (nSPS) is 12.6. The van der Waals surface area contributed by atoms with Crippen molar-refractivity contribution in [3.05, 3.63) is 76.3 Å². The predicted molar refractivity (Wildman–Crippen MR) is 115 cm³/mol. The number of H-pyrrole nitrogens is 2. The lowest BCUT2D eigenvalue weighted by Crippen LogP contribution is -2.28. The smallest absolute Gasteiger partial charge is 0.251 e. The second-order valence-electron chi connectivity index (χ2n) is 7.02. The number of fused-ring (bicyclic) bond motifs is 2. The first kappa shape index (κ1) is 18.5. The summed E-state index contributed by atoms with van der Waals surface area (Å²) in [5.41, 5.74) is 9.11. The Morgan fingerprint density at radius 1 is 1.21 bits per heavy atom. The molecule has 0 fully saturated rings. The molecule has 1 atom stereocenters. The number of aromatic nitrogens is 3. The first-order chi connectivity index (χ1) is 13.9. The highest BCUT2D eigenvalue weighted by molar-refractivity contribution is 5.93. The number of para-hydroxylation sites is 1. The Morgan fingerprint density at radius 3 is 2.79 bits per heavy atom. The van der Waals surface area contributed by atoms with Crippen LogP contribution in [0.5, 0.6) is 0 Å². The Labute approximate surface area is 166 Å². The third-order valence-corrected chi connectivity index (χ3v) is 5.10. The second-order valence-corrected chi connectivity index (χ2v) is 7.02. The second kappa shape index (κ2) is 7.27. The van der Waals surface area contributed by atoms with E-state index in [2.05, 4.69) is 21.0 Å². The van der Waals surface area contributed by atoms with Crippen LogP contribution in [0.3, 0.4) is 0 Å². The van der Waals surface area contributed by atoms with E-state index in [1.165, 1.54) is 12.1 Å². The Morgan fingerprint density at radius 2 is 2.00 bits per heavy atom. The van der Waals surface area contributed by atoms with Gasteiger partial charge in [0.05, 0.1) is 6.04 Å². The zero-order valence-corrected chi connectivity index (χ0v) is 16.1. The largest absolute Gasteiger partial charge is 0.398 e. The summed E-state index contributed by atoms with van der Waals surface area (Å²) in [6.07, 6.45) is 4.78. The standard InChI is InChI=1S/C22H21N5O2/c1-13(19-10-15-5-3-4-6-18(15)25-19)27(2)21(29)8-7-14-9-16-17(23)11-20(28)26-22(16)24-12-14/h3-13,25H,1-2H3,(H3,23,24,26,28)/b8-7+. The van der Waals surface area contributed by atoms with Crippen molar-refractivity contribution in [2.24, 2.45) is 0 Å². The van der Waals surface area contributed by atoms with E-state index in [-0.39, 0.29) is 17.5 Å². The molecule has 0 bridgehead atoms. The van der Waals surface area contributed by atoms with Crippen molar-refractivity contribution >= 4 is 39.6 Å². The molecule has 0 aliphatic heterocycles. The maximum absolute atomic E-state index is 12.7. The highest BCUT2D eigenvalue weighted by Gasteiger charge is 2.17. The summed E-state index contributed by atoms with van der Waals surface area (Å²) in [6.45, 7) is 1.98. The van der Waals surface area contributed by atoms with Crippen LogP contribution < -0.4 is 11.3 Å². The van der Waals surface area contributed by atoms with E-state index >= 15 is 0 Å². The molecule has 0 aliphatic carbocycles. The van der Waals surface area contributed by atoms with Gasteiger partial charge in [0.15, 0.2) is 0 Å². The van der Waals surface area contributed by atoms with Crippen LogP contribution in [-0.2, 0) is 4.79 Å². The van der Waals surface area contributed by atoms with Gasteiger partial charge in [-0.25, -0.2) is 4.98 Å². The van der Waals surface area contributed by atoms with Gasteiger partial charge in [-0.05, 0) is 42.1 Å². The van der Waals surface area contributed by atoms with Gasteiger partial charge in [-0.2, -0.15) is 0 Å². The number of hydrogen-bond acceptors (Lipinski definition) is 4. The average Bonchev–Trinajstić information content (AvgIpc) is 3.15. The van der Waals surface area contributed by atoms with E-state index in [1.807, 2.05) is 31.2 Å². The topological polar surface area (TPSA) is 108 Å². The minimum atomic E-state index is -0.298. The van der Waals surface area contributed by atoms with Crippen molar-refractivity contribution in [3.8, 4) is 0 Å². The fourth-order valence-corrected chi connectivity index (χ4v) is 3.27. The summed E-state index contributed by atoms with van der Waals surface area (Å²) in [5.74, 6) is -0.134. The Kier molecular flexibility index (Phi) is 4.64. The molecular weight excluding hydrogens is 366 g/mol. The molecule has 0 saturated heterocycles. The number of carbonyl (C=O) groups is 1. The number of likely N-dealkylation sites (N-methyl/N-ethyl adjacent to an activating group) is 1. The molecule has 146 valence electrons. The molecule has 4 aromatic rings. The number of anilines is 1. The maximum atomic E-state index is 12.7. The molecule has 29 heavy (non-hydrogen) atoms. The molecule has 4 N–H and O–H groups in total. The van der Waals surface area contributed by atoms with Crippen LogP contribution in [0.2, 0.25) is 0 Å². The number of nitrogens with two attached hydrogens (primary N) is 1. The number of nitrogens with one attached hydrogen (secondary N) is 2. The van der Waals surface area contributed by atoms with Crippen LogP contribution >= 0.6 is 0 Å². The Hall–Kier alpha value is -3.87. The van der Waals surface area contributed by atoms with Crippen LogP contribution in [-0.4, -0.2) is 32.8 Å². The van der Waals surface area contributed by atoms with Gasteiger partial charge in [-0.15, -0.1) is 0 Å². The highest BCUT2D eigenvalue weighted by Crippen LogP contribution is 2.23. The number of aromatic amines is 2. The van der Waals surface area contributed by atoms with Crippen molar-refractivity contribution in [1.82, 2.24) is 19.9 Å². The number of rotatable bonds is 4. The Balaban J connectivity index is 1.54. The number of nitrogens with zero attached hydrogens (tertiary/aromatic N) is 2. The van der Waals surface area contributed by atoms with Crippen LogP contribution in [0.4, 0.5) is 5.69 Å². The van der Waals surface area contributed by atoms with Gasteiger partial charge in [-0.1, -0.05) is 18.2 Å². The number of amides is 1. The number of pyridine rings is 2. The molecule has 0 radical (unpaired) electrons. The van der Waals surface area contributed by atoms with Crippen molar-refractivity contribution in [1.29, 1.82) is 0 Å². The van der Waals surface area contributed by atoms with E-state index in [1.54, 1.807) is 30.3 Å². The lowest BCUT2D eigenvalue weighted by atomic mass is 10.1. The van der Waals surface area contributed by atoms with Crippen molar-refractivity contribution in [3.63, 3.8) is 0 Å². The van der Waals surface area contributed by atoms with E-state index in [9.17, 15) is 9.59 Å². The highest BCUT2D eigenvalue weighted by atomic mass is 16.2. The van der Waals surface area contributed by atoms with Gasteiger partial charge in [0.25, 0.3) is 5.56 Å². The summed E-state index contributed by atoms with van der Waals surface area (Å²) in [5, 5.41) is 1.75. The van der Waals surface area contributed by atoms with E-state index in [0.717, 1.165) is 22.2 Å². The van der Waals surface area contributed by atoms with E-state index in [4.69, 9.17) is 5.73 Å². The monoisotopic (exact) mass is 387 g/mol. The quantitative estimate of drug-likeness (QED) is 0.467. The van der Waals surface area contributed by atoms with Crippen molar-refractivity contribution < 1.29 is 4.79 Å². The molecule has 1 aromatic carbocycles. The lowest BCUT2D eigenvalue weighted by Gasteiger charge is -2.22. The summed E-state index contributed by atoms with van der Waals surface area (Å²) in [4.78, 5) is 36.0. The summed E-state index contributed by atoms with van der Waals surface area (Å²) < 4.78 is 0. The van der Waals surface area contributed by atoms with E-state index in [0.29, 0.717) is 16.7 Å². The minimum absolute atomic E-state index is 0.116. The fraction of sp³-hybridized carbons (Fsp3) is 0.136. The zero-order valence-electron chi connectivity index (χ0n) is 16.1. The summed E-state index contributed by atoms with van der Waals surface area (Å²) in [7, 11) is 1.77. The van der Waals surface area contributed by atoms with Crippen LogP contribution in [0.1, 0.15) is 24.2 Å². The molecule has 3 aromatic heterocycles. The molecule has 0 spiro atoms. The van der Waals surface area contributed by atoms with Gasteiger partial charge in [0.1, 0.15) is 5.65 Å². The van der Waals surface area contributed by atoms with Crippen LogP contribution in [0.25, 0.3) is 28.0 Å². The number of nitrogen functional groups attached to an aromatic ring is 1. The molecule has 7 nitrogen and oxygen atoms in total. The van der Waals surface area contributed by atoms with Crippen molar-refractivity contribution in [2.75, 3.05) is 12.8 Å². The molecule has 3 heterocycles. The third-order valence-electron chi connectivity index (χ3n) is 5.10. The molecule has 1 unspecified atom stereocenters. The molecule has 0 saturated carbocycles. The first-order valence-electron chi connectivity index (χ1n) is 9.23. The average molecular weight is 387 g/mol. The van der Waals surface area contributed by atoms with Crippen molar-refractivity contribution in [2.45, 2.75) is 13.0 Å². The third kappa shape index (κ3) is 3.62. The predicted octanol–water partition coefficient (Wildman–Crippen LogP) is 3.22. The maximum Gasteiger partial charge on any atom is 0.251 e. The minimum Gasteiger partial charge on any atom is -0.398 e. The van der Waals surface area contributed by atoms with Gasteiger partial charge >= 0.3 is 0 Å². The zero-order chi connectivity index (χ0) is 20.5. The number of hydrogen-bond donors (Lipinski definition) is 3. The van der Waals surface area contributed by atoms with Gasteiger partial charge < -0.3 is 20.6 Å². The number of benzene rings is 1. The van der Waals surface area contributed by atoms with Gasteiger partial charge in [-0.3, -0.25) is 9.59 Å². The fourth-order valence-electron chi connectivity index (χ4n) is 3.27. The van der Waals surface area contributed by atoms with Gasteiger partial charge in [0, 0.05) is 47.7 Å². The van der Waals surface area contributed by atoms with E-state index < -0.39 is 0 Å². The summed E-state index contributed by atoms with van der Waals surface area (Å²) in [6, 6.07) is 13.1. The molecule has 4 rings (SSSR count). The molecular formula is C22H21N5O2. The lowest BCUT2D eigenvalue weighted by molar-refractivity contribution is -0.126. The molecule has 7 heteroatoms. The summed E-state index contributed by atoms with van der Waals surface area (Å²) >= 11 is 0. The Bertz CT molecular complexity index is 1270. The molecule has 1 amide bonds. The number of carbonyl (C=O) groups excluding carboxylic acids is 1. The van der Waals surface area contributed by atoms with Gasteiger partial charge in [0.2, 0.25) is 5.91 Å². The van der Waals surface area contributed by atoms with Crippen LogP contribution in [0.15, 0.2) is 59.5 Å². The molecule has 0 aliphatic rings. The first-order valence-corrected chi connectivity index (χ1v) is 9.23. The SMILES string of the molecule is CC(c1cc2ccccc2[nH]1)N(C)C(=O)/C=C/c1cnc2[nH]c(=O)cc(N)c2c1.